The fourth-order valence-electron chi connectivity index (χ4n) is 3.74. The Hall–Kier alpha value is -3.19. The second-order valence-corrected chi connectivity index (χ2v) is 10.7. The van der Waals surface area contributed by atoms with Crippen molar-refractivity contribution in [1.82, 2.24) is 10.2 Å². The molecule has 0 aromatic heterocycles. The largest absolute Gasteiger partial charge is 0.504 e. The molecule has 33 heavy (non-hydrogen) atoms. The van der Waals surface area contributed by atoms with Crippen molar-refractivity contribution in [2.24, 2.45) is 4.99 Å². The number of aliphatic carboxylic acids is 1. The molecule has 2 amide bonds. The average Bonchev–Trinajstić information content (AvgIpc) is 2.86. The molecular weight excluding hydrogens is 482 g/mol. The molecule has 14 heteroatoms. The Morgan fingerprint density at radius 3 is 2.58 bits per heavy atom. The molecule has 2 fully saturated rings. The minimum Gasteiger partial charge on any atom is -0.504 e. The topological polar surface area (TPSA) is 191 Å². The van der Waals surface area contributed by atoms with Crippen LogP contribution in [-0.2, 0) is 24.2 Å². The number of halogens is 1. The molecule has 178 valence electrons. The lowest BCUT2D eigenvalue weighted by Crippen LogP contribution is -2.57. The van der Waals surface area contributed by atoms with Crippen molar-refractivity contribution >= 4 is 51.2 Å². The summed E-state index contributed by atoms with van der Waals surface area (Å²) in [4.78, 5) is 52.8. The van der Waals surface area contributed by atoms with Gasteiger partial charge in [0.15, 0.2) is 33.2 Å². The first-order chi connectivity index (χ1) is 15.2. The molecule has 2 aliphatic rings. The summed E-state index contributed by atoms with van der Waals surface area (Å²) in [5.41, 5.74) is -0.196. The number of carboxylic acids is 1. The molecule has 4 N–H and O–H groups in total. The Balaban J connectivity index is 1.71. The summed E-state index contributed by atoms with van der Waals surface area (Å²) in [7, 11) is -4.11. The summed E-state index contributed by atoms with van der Waals surface area (Å²) >= 11 is 5.82. The van der Waals surface area contributed by atoms with E-state index >= 15 is 0 Å². The number of hydrogen-bond acceptors (Lipinski definition) is 9. The highest BCUT2D eigenvalue weighted by molar-refractivity contribution is 7.94. The first kappa shape index (κ1) is 24.5. The van der Waals surface area contributed by atoms with Gasteiger partial charge in [-0.05, 0) is 26.0 Å². The molecule has 0 bridgehead atoms. The first-order valence-electron chi connectivity index (χ1n) is 9.56. The third-order valence-electron chi connectivity index (χ3n) is 5.74. The van der Waals surface area contributed by atoms with Gasteiger partial charge >= 0.3 is 5.97 Å². The minimum absolute atomic E-state index is 0.196. The highest BCUT2D eigenvalue weighted by Crippen LogP contribution is 2.45. The lowest BCUT2D eigenvalue weighted by atomic mass is 9.97. The summed E-state index contributed by atoms with van der Waals surface area (Å²) in [6.07, 6.45) is 0.543. The average molecular weight is 502 g/mol. The fourth-order valence-corrected chi connectivity index (χ4v) is 6.22. The van der Waals surface area contributed by atoms with Crippen molar-refractivity contribution in [3.05, 3.63) is 22.7 Å². The summed E-state index contributed by atoms with van der Waals surface area (Å²) in [5.74, 6) is -4.79. The predicted octanol–water partition coefficient (Wildman–Crippen LogP) is -0.292. The van der Waals surface area contributed by atoms with Gasteiger partial charge in [-0.2, -0.15) is 0 Å². The van der Waals surface area contributed by atoms with Crippen LogP contribution in [0, 0.1) is 0 Å². The van der Waals surface area contributed by atoms with E-state index in [4.69, 9.17) is 11.6 Å². The van der Waals surface area contributed by atoms with E-state index in [2.05, 4.69) is 10.3 Å². The number of β-lactam (4-membered cyclic amide) rings is 1. The van der Waals surface area contributed by atoms with Crippen molar-refractivity contribution in [2.75, 3.05) is 6.54 Å². The number of carboxylic acid groups (broad SMARTS) is 1. The Morgan fingerprint density at radius 1 is 1.36 bits per heavy atom. The zero-order valence-corrected chi connectivity index (χ0v) is 18.9. The third-order valence-corrected chi connectivity index (χ3v) is 8.79. The normalized spacial score (nSPS) is 26.5. The number of nitrogens with zero attached hydrogens (tertiary/aromatic N) is 2. The van der Waals surface area contributed by atoms with Crippen LogP contribution in [0.5, 0.6) is 11.5 Å². The number of hydrogen-bond donors (Lipinski definition) is 4. The number of ketones is 1. The van der Waals surface area contributed by atoms with Crippen molar-refractivity contribution in [3.8, 4) is 11.5 Å². The van der Waals surface area contributed by atoms with Gasteiger partial charge in [0.1, 0.15) is 10.1 Å². The van der Waals surface area contributed by atoms with Crippen LogP contribution in [0.1, 0.15) is 30.6 Å². The maximum atomic E-state index is 12.8. The van der Waals surface area contributed by atoms with Crippen LogP contribution in [0.2, 0.25) is 5.02 Å². The van der Waals surface area contributed by atoms with E-state index in [1.807, 2.05) is 0 Å². The SMILES string of the molecule is C[C@H](NC(=O)c1ccc(O)c(O)c1Cl)C(=O)CN=C[C@@]1(C)[C@H](C(=O)O)N2C(=O)C[C@H]2S1(=O)=O. The van der Waals surface area contributed by atoms with Crippen LogP contribution in [0.15, 0.2) is 17.1 Å². The molecule has 4 atom stereocenters. The second kappa shape index (κ2) is 8.30. The molecule has 2 heterocycles. The number of sulfone groups is 1. The van der Waals surface area contributed by atoms with Gasteiger partial charge in [0, 0.05) is 6.21 Å². The number of aromatic hydroxyl groups is 2. The van der Waals surface area contributed by atoms with E-state index in [0.717, 1.165) is 30.2 Å². The predicted molar refractivity (Wildman–Crippen MR) is 114 cm³/mol. The van der Waals surface area contributed by atoms with Crippen LogP contribution in [-0.4, -0.2) is 87.2 Å². The lowest BCUT2D eigenvalue weighted by molar-refractivity contribution is -0.156. The van der Waals surface area contributed by atoms with E-state index in [0.29, 0.717) is 0 Å². The smallest absolute Gasteiger partial charge is 0.328 e. The molecule has 2 aliphatic heterocycles. The van der Waals surface area contributed by atoms with Crippen LogP contribution in [0.3, 0.4) is 0 Å². The molecule has 3 rings (SSSR count). The summed E-state index contributed by atoms with van der Waals surface area (Å²) in [5, 5.41) is 29.2. The van der Waals surface area contributed by atoms with E-state index in [1.54, 1.807) is 0 Å². The number of phenolic OH excluding ortho intramolecular Hbond substituents is 2. The minimum atomic E-state index is -4.11. The molecule has 1 aromatic carbocycles. The Labute approximate surface area is 192 Å². The van der Waals surface area contributed by atoms with E-state index in [-0.39, 0.29) is 12.0 Å². The van der Waals surface area contributed by atoms with Crippen LogP contribution in [0.25, 0.3) is 0 Å². The Bertz CT molecular complexity index is 1200. The Kier molecular flexibility index (Phi) is 6.15. The third kappa shape index (κ3) is 3.80. The van der Waals surface area contributed by atoms with Gasteiger partial charge in [0.05, 0.1) is 29.6 Å². The number of fused-ring (bicyclic) bond motifs is 1. The maximum Gasteiger partial charge on any atom is 0.328 e. The number of aliphatic imine (C=N–C) groups is 1. The molecule has 0 aliphatic carbocycles. The molecule has 0 saturated carbocycles. The highest BCUT2D eigenvalue weighted by Gasteiger charge is 2.69. The first-order valence-corrected chi connectivity index (χ1v) is 11.5. The van der Waals surface area contributed by atoms with Crippen LogP contribution in [0.4, 0.5) is 0 Å². The molecule has 0 radical (unpaired) electrons. The quantitative estimate of drug-likeness (QED) is 0.221. The van der Waals surface area contributed by atoms with Crippen LogP contribution >= 0.6 is 11.6 Å². The number of carbonyl (C=O) groups excluding carboxylic acids is 3. The molecular formula is C19H20ClN3O9S. The van der Waals surface area contributed by atoms with Gasteiger partial charge in [-0.25, -0.2) is 13.2 Å². The van der Waals surface area contributed by atoms with E-state index < -0.39 is 78.7 Å². The lowest BCUT2D eigenvalue weighted by Gasteiger charge is -2.35. The van der Waals surface area contributed by atoms with E-state index in [1.165, 1.54) is 6.92 Å². The number of Topliss-reactive ketones (excluding diaryl/α,β-unsaturated/α-hetero) is 1. The van der Waals surface area contributed by atoms with Gasteiger partial charge in [-0.15, -0.1) is 0 Å². The monoisotopic (exact) mass is 501 g/mol. The van der Waals surface area contributed by atoms with Gasteiger partial charge in [0.25, 0.3) is 5.91 Å². The van der Waals surface area contributed by atoms with Gasteiger partial charge in [-0.1, -0.05) is 11.6 Å². The van der Waals surface area contributed by atoms with Crippen molar-refractivity contribution in [1.29, 1.82) is 0 Å². The molecule has 12 nitrogen and oxygen atoms in total. The zero-order chi connectivity index (χ0) is 24.9. The molecule has 0 spiro atoms. The number of carbonyl (C=O) groups is 4. The van der Waals surface area contributed by atoms with Crippen molar-refractivity contribution in [2.45, 2.75) is 42.5 Å². The highest BCUT2D eigenvalue weighted by atomic mass is 35.5. The number of rotatable bonds is 7. The van der Waals surface area contributed by atoms with Crippen molar-refractivity contribution < 1.29 is 42.9 Å². The second-order valence-electron chi connectivity index (χ2n) is 7.86. The number of amides is 2. The van der Waals surface area contributed by atoms with Gasteiger partial charge in [-0.3, -0.25) is 19.4 Å². The molecule has 2 saturated heterocycles. The number of phenols is 2. The van der Waals surface area contributed by atoms with Crippen molar-refractivity contribution in [3.63, 3.8) is 0 Å². The summed E-state index contributed by atoms with van der Waals surface area (Å²) in [6.45, 7) is 1.89. The fraction of sp³-hybridized carbons (Fsp3) is 0.421. The summed E-state index contributed by atoms with van der Waals surface area (Å²) < 4.78 is 23.6. The van der Waals surface area contributed by atoms with Gasteiger partial charge in [0.2, 0.25) is 5.91 Å². The van der Waals surface area contributed by atoms with E-state index in [9.17, 15) is 42.9 Å². The number of benzene rings is 1. The zero-order valence-electron chi connectivity index (χ0n) is 17.4. The Morgan fingerprint density at radius 2 is 2.00 bits per heavy atom. The standard InChI is InChI=1S/C19H20ClN3O9S/c1-8(22-17(28)9-3-4-10(24)15(27)14(9)20)11(25)6-21-7-19(2)16(18(29)30)23-12(26)5-13(23)33(19,31)32/h3-4,7-8,13,16,24,27H,5-6H2,1-2H3,(H,22,28)(H,29,30)/t8-,13+,16-,19-/m0/s1. The summed E-state index contributed by atoms with van der Waals surface area (Å²) in [6, 6.07) is -0.590. The van der Waals surface area contributed by atoms with Crippen LogP contribution < -0.4 is 5.32 Å². The maximum absolute atomic E-state index is 12.8. The van der Waals surface area contributed by atoms with Gasteiger partial charge < -0.3 is 25.5 Å². The molecule has 1 aromatic rings. The molecule has 0 unspecified atom stereocenters. The number of nitrogens with one attached hydrogen (secondary N) is 1.